The summed E-state index contributed by atoms with van der Waals surface area (Å²) in [5.41, 5.74) is 5.49. The van der Waals surface area contributed by atoms with Crippen LogP contribution in [0.1, 0.15) is 74.1 Å². The number of hydrogen-bond donors (Lipinski definition) is 4. The van der Waals surface area contributed by atoms with Gasteiger partial charge < -0.3 is 50.0 Å². The molecule has 0 saturated carbocycles. The van der Waals surface area contributed by atoms with Gasteiger partial charge in [0, 0.05) is 45.2 Å². The molecule has 3 aromatic carbocycles. The number of imidazole rings is 1. The van der Waals surface area contributed by atoms with Gasteiger partial charge in [-0.05, 0) is 66.8 Å². The Morgan fingerprint density at radius 3 is 1.94 bits per heavy atom. The zero-order chi connectivity index (χ0) is 47.0. The molecule has 4 fully saturated rings. The Morgan fingerprint density at radius 2 is 1.28 bits per heavy atom. The minimum atomic E-state index is -0.839. The number of rotatable bonds is 12. The molecule has 4 saturated heterocycles. The molecule has 0 bridgehead atoms. The second-order valence-electron chi connectivity index (χ2n) is 18.1. The zero-order valence-electron chi connectivity index (χ0n) is 38.6. The van der Waals surface area contributed by atoms with Gasteiger partial charge in [-0.1, -0.05) is 103 Å². The zero-order valence-corrected chi connectivity index (χ0v) is 38.6. The fourth-order valence-electron chi connectivity index (χ4n) is 9.92. The van der Waals surface area contributed by atoms with Gasteiger partial charge in [0.25, 0.3) is 0 Å². The molecule has 7 amide bonds. The number of urea groups is 2. The molecule has 4 aromatic rings. The molecule has 1 aromatic heterocycles. The van der Waals surface area contributed by atoms with Crippen LogP contribution in [0.4, 0.5) is 9.59 Å². The van der Waals surface area contributed by atoms with Crippen molar-refractivity contribution >= 4 is 29.8 Å². The van der Waals surface area contributed by atoms with Gasteiger partial charge >= 0.3 is 12.1 Å². The summed E-state index contributed by atoms with van der Waals surface area (Å²) in [7, 11) is 0. The number of hydrogen-bond acceptors (Lipinski definition) is 8. The van der Waals surface area contributed by atoms with Crippen LogP contribution in [0.5, 0.6) is 0 Å². The molecule has 4 aliphatic heterocycles. The summed E-state index contributed by atoms with van der Waals surface area (Å²) in [5.74, 6) is -0.127. The van der Waals surface area contributed by atoms with Crippen molar-refractivity contribution in [3.05, 3.63) is 126 Å². The average Bonchev–Trinajstić information content (AvgIpc) is 4.21. The Morgan fingerprint density at radius 1 is 0.662 bits per heavy atom. The van der Waals surface area contributed by atoms with Gasteiger partial charge in [0.1, 0.15) is 23.9 Å². The predicted octanol–water partition coefficient (Wildman–Crippen LogP) is 5.90. The van der Waals surface area contributed by atoms with E-state index in [2.05, 4.69) is 33.1 Å². The predicted molar refractivity (Wildman–Crippen MR) is 256 cm³/mol. The van der Waals surface area contributed by atoms with Crippen LogP contribution in [0.15, 0.2) is 109 Å². The lowest BCUT2D eigenvalue weighted by Gasteiger charge is -2.34. The third-order valence-electron chi connectivity index (χ3n) is 13.8. The highest BCUT2D eigenvalue weighted by molar-refractivity contribution is 5.93. The van der Waals surface area contributed by atoms with Gasteiger partial charge in [-0.3, -0.25) is 14.4 Å². The van der Waals surface area contributed by atoms with Crippen LogP contribution in [-0.2, 0) is 23.9 Å². The van der Waals surface area contributed by atoms with Crippen LogP contribution in [0, 0.1) is 5.92 Å². The Bertz CT molecular complexity index is 2460. The minimum absolute atomic E-state index is 0.167. The number of morpholine rings is 2. The lowest BCUT2D eigenvalue weighted by molar-refractivity contribution is -0.140. The molecule has 9 rings (SSSR count). The summed E-state index contributed by atoms with van der Waals surface area (Å²) in [6.07, 6.45) is 13.0. The van der Waals surface area contributed by atoms with Crippen LogP contribution in [-0.4, -0.2) is 137 Å². The standard InChI is InChI=1S/C52H61N9O7/c1-35(54-48(62)44-15-9-25-61(44)50(64)46(41-12-6-3-7-13-41)57-52(66)59-28-32-68-33-29-59)36-16-18-37(19-17-36)38-20-22-39(23-21-38)42-34-53-47(55-42)43-14-8-24-60(43)49(63)45(40-10-4-2-5-11-40)56-51(65)58-26-30-67-31-27-58/h2-7,10-12,16-23,34-35,41,43-46H,8-9,13-15,24-33H2,1H3,(H,53,55)(H,54,62)(H,56,65)(H,57,66)/t35?,41?,43-,44-,45?,46+/m0/s1. The molecule has 16 heteroatoms. The van der Waals surface area contributed by atoms with E-state index in [0.29, 0.717) is 90.8 Å². The molecular formula is C52H61N9O7. The van der Waals surface area contributed by atoms with E-state index in [-0.39, 0.29) is 47.8 Å². The van der Waals surface area contributed by atoms with E-state index < -0.39 is 18.1 Å². The van der Waals surface area contributed by atoms with Crippen LogP contribution in [0.25, 0.3) is 22.4 Å². The second-order valence-corrected chi connectivity index (χ2v) is 18.1. The smallest absolute Gasteiger partial charge is 0.318 e. The first-order valence-corrected chi connectivity index (χ1v) is 24.0. The SMILES string of the molecule is CC(NC(=O)[C@@H]1CCCN1C(=O)[C@H](NC(=O)N1CCOCC1)C1C=CC=CC1)c1ccc(-c2ccc(-c3cnc([C@@H]4CCCN4C(=O)C(NC(=O)N4CCOCC4)c4ccccc4)[nH]3)cc2)cc1. The maximum Gasteiger partial charge on any atom is 0.318 e. The number of carbonyl (C=O) groups is 5. The van der Waals surface area contributed by atoms with E-state index in [1.165, 1.54) is 0 Å². The van der Waals surface area contributed by atoms with Crippen molar-refractivity contribution in [2.75, 3.05) is 65.7 Å². The molecule has 356 valence electrons. The molecular weight excluding hydrogens is 863 g/mol. The van der Waals surface area contributed by atoms with Crippen molar-refractivity contribution in [3.8, 4) is 22.4 Å². The maximum absolute atomic E-state index is 14.3. The molecule has 4 N–H and O–H groups in total. The molecule has 3 unspecified atom stereocenters. The third kappa shape index (κ3) is 10.5. The van der Waals surface area contributed by atoms with Crippen LogP contribution in [0.3, 0.4) is 0 Å². The third-order valence-corrected chi connectivity index (χ3v) is 13.8. The summed E-state index contributed by atoms with van der Waals surface area (Å²) in [6, 6.07) is 22.3. The monoisotopic (exact) mass is 923 g/mol. The summed E-state index contributed by atoms with van der Waals surface area (Å²) >= 11 is 0. The summed E-state index contributed by atoms with van der Waals surface area (Å²) in [6.45, 7) is 6.69. The Kier molecular flexibility index (Phi) is 14.6. The lowest BCUT2D eigenvalue weighted by Crippen LogP contribution is -2.58. The van der Waals surface area contributed by atoms with E-state index in [1.54, 1.807) is 20.9 Å². The molecule has 1 aliphatic carbocycles. The van der Waals surface area contributed by atoms with Crippen molar-refractivity contribution in [2.24, 2.45) is 5.92 Å². The number of aromatic amines is 1. The highest BCUT2D eigenvalue weighted by Crippen LogP contribution is 2.35. The first kappa shape index (κ1) is 46.3. The van der Waals surface area contributed by atoms with E-state index >= 15 is 0 Å². The van der Waals surface area contributed by atoms with Crippen molar-refractivity contribution in [3.63, 3.8) is 0 Å². The van der Waals surface area contributed by atoms with E-state index in [4.69, 9.17) is 14.5 Å². The lowest BCUT2D eigenvalue weighted by atomic mass is 9.91. The van der Waals surface area contributed by atoms with Crippen LogP contribution >= 0.6 is 0 Å². The number of benzene rings is 3. The number of ether oxygens (including phenoxy) is 2. The average molecular weight is 924 g/mol. The largest absolute Gasteiger partial charge is 0.378 e. The van der Waals surface area contributed by atoms with Crippen molar-refractivity contribution in [2.45, 2.75) is 69.2 Å². The van der Waals surface area contributed by atoms with Gasteiger partial charge in [0.2, 0.25) is 17.7 Å². The molecule has 68 heavy (non-hydrogen) atoms. The number of likely N-dealkylation sites (tertiary alicyclic amines) is 2. The topological polar surface area (TPSA) is 182 Å². The van der Waals surface area contributed by atoms with E-state index in [9.17, 15) is 24.0 Å². The van der Waals surface area contributed by atoms with Crippen molar-refractivity contribution < 1.29 is 33.4 Å². The van der Waals surface area contributed by atoms with Gasteiger partial charge in [0.15, 0.2) is 0 Å². The summed E-state index contributed by atoms with van der Waals surface area (Å²) in [5, 5.41) is 9.20. The fraction of sp³-hybridized carbons (Fsp3) is 0.423. The van der Waals surface area contributed by atoms with Crippen molar-refractivity contribution in [1.82, 2.24) is 45.5 Å². The Hall–Kier alpha value is -6.78. The second kappa shape index (κ2) is 21.5. The highest BCUT2D eigenvalue weighted by Gasteiger charge is 2.41. The highest BCUT2D eigenvalue weighted by atomic mass is 16.5. The number of nitrogens with zero attached hydrogens (tertiary/aromatic N) is 5. The first-order chi connectivity index (χ1) is 33.2. The number of aromatic nitrogens is 2. The van der Waals surface area contributed by atoms with Crippen molar-refractivity contribution in [1.29, 1.82) is 0 Å². The van der Waals surface area contributed by atoms with Gasteiger partial charge in [0.05, 0.1) is 50.4 Å². The maximum atomic E-state index is 14.3. The van der Waals surface area contributed by atoms with Gasteiger partial charge in [-0.15, -0.1) is 0 Å². The fourth-order valence-corrected chi connectivity index (χ4v) is 9.92. The summed E-state index contributed by atoms with van der Waals surface area (Å²) in [4.78, 5) is 84.1. The number of H-pyrrole nitrogens is 1. The van der Waals surface area contributed by atoms with Gasteiger partial charge in [-0.2, -0.15) is 0 Å². The molecule has 6 atom stereocenters. The summed E-state index contributed by atoms with van der Waals surface area (Å²) < 4.78 is 10.8. The number of amides is 7. The molecule has 5 heterocycles. The van der Waals surface area contributed by atoms with E-state index in [0.717, 1.165) is 46.4 Å². The first-order valence-electron chi connectivity index (χ1n) is 24.0. The Balaban J connectivity index is 0.814. The van der Waals surface area contributed by atoms with E-state index in [1.807, 2.05) is 103 Å². The van der Waals surface area contributed by atoms with Crippen LogP contribution < -0.4 is 16.0 Å². The normalized spacial score (nSPS) is 21.8. The number of allylic oxidation sites excluding steroid dienone is 3. The molecule has 16 nitrogen and oxygen atoms in total. The minimum Gasteiger partial charge on any atom is -0.378 e. The Labute approximate surface area is 397 Å². The number of carbonyl (C=O) groups excluding carboxylic acids is 5. The number of nitrogens with one attached hydrogen (secondary N) is 4. The molecule has 0 radical (unpaired) electrons. The van der Waals surface area contributed by atoms with Gasteiger partial charge in [-0.25, -0.2) is 14.6 Å². The van der Waals surface area contributed by atoms with Crippen LogP contribution in [0.2, 0.25) is 0 Å². The molecule has 5 aliphatic rings. The molecule has 0 spiro atoms. The quantitative estimate of drug-likeness (QED) is 0.136.